The number of hydrogen-bond acceptors (Lipinski definition) is 3. The first-order valence-electron chi connectivity index (χ1n) is 9.76. The summed E-state index contributed by atoms with van der Waals surface area (Å²) in [6.45, 7) is 4.75. The van der Waals surface area contributed by atoms with Crippen LogP contribution < -0.4 is 15.0 Å². The summed E-state index contributed by atoms with van der Waals surface area (Å²) in [5.74, 6) is 0.836. The highest BCUT2D eigenvalue weighted by Crippen LogP contribution is 2.19. The second-order valence-corrected chi connectivity index (χ2v) is 6.86. The van der Waals surface area contributed by atoms with Crippen LogP contribution in [0.3, 0.4) is 0 Å². The second-order valence-electron chi connectivity index (χ2n) is 6.86. The molecule has 4 heteroatoms. The van der Waals surface area contributed by atoms with Crippen LogP contribution in [0.25, 0.3) is 6.08 Å². The van der Waals surface area contributed by atoms with E-state index in [9.17, 15) is 4.79 Å². The molecule has 1 saturated heterocycles. The van der Waals surface area contributed by atoms with Crippen LogP contribution in [0.4, 0.5) is 5.69 Å². The van der Waals surface area contributed by atoms with Crippen molar-refractivity contribution in [2.45, 2.75) is 32.2 Å². The van der Waals surface area contributed by atoms with E-state index in [1.54, 1.807) is 6.08 Å². The van der Waals surface area contributed by atoms with Crippen LogP contribution in [0, 0.1) is 0 Å². The first kappa shape index (κ1) is 19.0. The topological polar surface area (TPSA) is 41.6 Å². The molecule has 1 aliphatic heterocycles. The summed E-state index contributed by atoms with van der Waals surface area (Å²) < 4.78 is 5.57. The van der Waals surface area contributed by atoms with E-state index in [0.717, 1.165) is 50.3 Å². The average Bonchev–Trinajstić information content (AvgIpc) is 2.73. The summed E-state index contributed by atoms with van der Waals surface area (Å²) >= 11 is 0. The Bertz CT molecular complexity index is 733. The number of benzene rings is 2. The standard InChI is InChI=1S/C23H28N2O2/c1-2-18-27-22-11-8-19(9-12-22)10-13-23(26)24-20-14-16-25(17-15-20)21-6-4-3-5-7-21/h3-13,20H,2,14-18H2,1H3,(H,24,26)/b13-10+. The maximum absolute atomic E-state index is 12.2. The molecule has 1 fully saturated rings. The fourth-order valence-electron chi connectivity index (χ4n) is 3.24. The molecular formula is C23H28N2O2. The molecule has 2 aromatic carbocycles. The molecule has 142 valence electrons. The first-order valence-corrected chi connectivity index (χ1v) is 9.76. The van der Waals surface area contributed by atoms with Crippen LogP contribution in [0.5, 0.6) is 5.75 Å². The fourth-order valence-corrected chi connectivity index (χ4v) is 3.24. The van der Waals surface area contributed by atoms with Crippen LogP contribution in [-0.2, 0) is 4.79 Å². The second kappa shape index (κ2) is 9.81. The summed E-state index contributed by atoms with van der Waals surface area (Å²) in [4.78, 5) is 14.6. The Balaban J connectivity index is 1.43. The smallest absolute Gasteiger partial charge is 0.244 e. The predicted molar refractivity (Wildman–Crippen MR) is 111 cm³/mol. The molecule has 2 aromatic rings. The molecular weight excluding hydrogens is 336 g/mol. The van der Waals surface area contributed by atoms with Crippen molar-refractivity contribution in [1.29, 1.82) is 0 Å². The molecule has 1 amide bonds. The molecule has 0 bridgehead atoms. The number of hydrogen-bond donors (Lipinski definition) is 1. The van der Waals surface area contributed by atoms with Gasteiger partial charge in [0.05, 0.1) is 6.61 Å². The van der Waals surface area contributed by atoms with E-state index in [2.05, 4.69) is 41.4 Å². The number of nitrogens with one attached hydrogen (secondary N) is 1. The molecule has 4 nitrogen and oxygen atoms in total. The van der Waals surface area contributed by atoms with Gasteiger partial charge in [-0.1, -0.05) is 37.3 Å². The molecule has 0 radical (unpaired) electrons. The SMILES string of the molecule is CCCOc1ccc(/C=C/C(=O)NC2CCN(c3ccccc3)CC2)cc1. The Morgan fingerprint density at radius 2 is 1.81 bits per heavy atom. The Kier molecular flexibility index (Phi) is 6.91. The van der Waals surface area contributed by atoms with Crippen molar-refractivity contribution in [2.75, 3.05) is 24.6 Å². The number of rotatable bonds is 7. The van der Waals surface area contributed by atoms with E-state index in [0.29, 0.717) is 0 Å². The molecule has 0 aromatic heterocycles. The highest BCUT2D eigenvalue weighted by molar-refractivity contribution is 5.91. The lowest BCUT2D eigenvalue weighted by atomic mass is 10.0. The third-order valence-corrected chi connectivity index (χ3v) is 4.74. The minimum atomic E-state index is -0.0283. The highest BCUT2D eigenvalue weighted by Gasteiger charge is 2.20. The first-order chi connectivity index (χ1) is 13.2. The molecule has 0 aliphatic carbocycles. The van der Waals surface area contributed by atoms with Crippen LogP contribution in [0.1, 0.15) is 31.7 Å². The highest BCUT2D eigenvalue weighted by atomic mass is 16.5. The Morgan fingerprint density at radius 3 is 2.48 bits per heavy atom. The molecule has 0 spiro atoms. The zero-order valence-electron chi connectivity index (χ0n) is 15.9. The van der Waals surface area contributed by atoms with Gasteiger partial charge in [0, 0.05) is 30.9 Å². The lowest BCUT2D eigenvalue weighted by Crippen LogP contribution is -2.44. The van der Waals surface area contributed by atoms with Gasteiger partial charge in [0.25, 0.3) is 0 Å². The summed E-state index contributed by atoms with van der Waals surface area (Å²) in [5, 5.41) is 3.12. The van der Waals surface area contributed by atoms with Gasteiger partial charge in [0.15, 0.2) is 0 Å². The van der Waals surface area contributed by atoms with Crippen LogP contribution in [0.15, 0.2) is 60.7 Å². The van der Waals surface area contributed by atoms with E-state index >= 15 is 0 Å². The van der Waals surface area contributed by atoms with E-state index in [-0.39, 0.29) is 11.9 Å². The van der Waals surface area contributed by atoms with Crippen molar-refractivity contribution < 1.29 is 9.53 Å². The summed E-state index contributed by atoms with van der Waals surface area (Å²) in [6, 6.07) is 18.5. The van der Waals surface area contributed by atoms with Gasteiger partial charge in [-0.25, -0.2) is 0 Å². The van der Waals surface area contributed by atoms with Crippen molar-refractivity contribution in [2.24, 2.45) is 0 Å². The number of carbonyl (C=O) groups excluding carboxylic acids is 1. The minimum Gasteiger partial charge on any atom is -0.494 e. The maximum Gasteiger partial charge on any atom is 0.244 e. The van der Waals surface area contributed by atoms with E-state index in [4.69, 9.17) is 4.74 Å². The predicted octanol–water partition coefficient (Wildman–Crippen LogP) is 4.27. The van der Waals surface area contributed by atoms with Gasteiger partial charge in [0.2, 0.25) is 5.91 Å². The van der Waals surface area contributed by atoms with Crippen molar-refractivity contribution in [3.8, 4) is 5.75 Å². The third-order valence-electron chi connectivity index (χ3n) is 4.74. The van der Waals surface area contributed by atoms with Gasteiger partial charge in [0.1, 0.15) is 5.75 Å². The van der Waals surface area contributed by atoms with E-state index in [1.807, 2.05) is 36.4 Å². The summed E-state index contributed by atoms with van der Waals surface area (Å²) in [6.07, 6.45) is 6.39. The summed E-state index contributed by atoms with van der Waals surface area (Å²) in [7, 11) is 0. The number of piperidine rings is 1. The van der Waals surface area contributed by atoms with E-state index < -0.39 is 0 Å². The van der Waals surface area contributed by atoms with Crippen LogP contribution in [-0.4, -0.2) is 31.6 Å². The molecule has 27 heavy (non-hydrogen) atoms. The largest absolute Gasteiger partial charge is 0.494 e. The number of nitrogens with zero attached hydrogens (tertiary/aromatic N) is 1. The average molecular weight is 364 g/mol. The molecule has 0 saturated carbocycles. The normalized spacial score (nSPS) is 15.1. The minimum absolute atomic E-state index is 0.0283. The molecule has 0 unspecified atom stereocenters. The Labute approximate surface area is 161 Å². The van der Waals surface area contributed by atoms with Gasteiger partial charge < -0.3 is 15.0 Å². The quantitative estimate of drug-likeness (QED) is 0.746. The Hall–Kier alpha value is -2.75. The van der Waals surface area contributed by atoms with Gasteiger partial charge in [-0.05, 0) is 55.2 Å². The number of carbonyl (C=O) groups is 1. The zero-order valence-corrected chi connectivity index (χ0v) is 15.9. The summed E-state index contributed by atoms with van der Waals surface area (Å²) in [5.41, 5.74) is 2.25. The molecule has 1 heterocycles. The van der Waals surface area contributed by atoms with Crippen LogP contribution in [0.2, 0.25) is 0 Å². The van der Waals surface area contributed by atoms with E-state index in [1.165, 1.54) is 5.69 Å². The van der Waals surface area contributed by atoms with Gasteiger partial charge in [-0.2, -0.15) is 0 Å². The van der Waals surface area contributed by atoms with Crippen molar-refractivity contribution in [1.82, 2.24) is 5.32 Å². The number of para-hydroxylation sites is 1. The van der Waals surface area contributed by atoms with Crippen LogP contribution >= 0.6 is 0 Å². The van der Waals surface area contributed by atoms with Crippen molar-refractivity contribution in [3.05, 3.63) is 66.2 Å². The molecule has 1 aliphatic rings. The number of ether oxygens (including phenoxy) is 1. The molecule has 1 N–H and O–H groups in total. The molecule has 3 rings (SSSR count). The van der Waals surface area contributed by atoms with Gasteiger partial charge in [-0.3, -0.25) is 4.79 Å². The fraction of sp³-hybridized carbons (Fsp3) is 0.348. The molecule has 0 atom stereocenters. The Morgan fingerprint density at radius 1 is 1.11 bits per heavy atom. The zero-order chi connectivity index (χ0) is 18.9. The lowest BCUT2D eigenvalue weighted by Gasteiger charge is -2.33. The maximum atomic E-state index is 12.2. The monoisotopic (exact) mass is 364 g/mol. The third kappa shape index (κ3) is 5.88. The van der Waals surface area contributed by atoms with Crippen molar-refractivity contribution in [3.63, 3.8) is 0 Å². The lowest BCUT2D eigenvalue weighted by molar-refractivity contribution is -0.117. The number of anilines is 1. The van der Waals surface area contributed by atoms with Gasteiger partial charge in [-0.15, -0.1) is 0 Å². The number of amides is 1. The van der Waals surface area contributed by atoms with Gasteiger partial charge >= 0.3 is 0 Å². The van der Waals surface area contributed by atoms with Crippen molar-refractivity contribution >= 4 is 17.7 Å².